The van der Waals surface area contributed by atoms with E-state index in [2.05, 4.69) is 4.98 Å². The summed E-state index contributed by atoms with van der Waals surface area (Å²) >= 11 is 0. The lowest BCUT2D eigenvalue weighted by Gasteiger charge is -2.36. The fourth-order valence-corrected chi connectivity index (χ4v) is 1.87. The average molecular weight is 279 g/mol. The highest BCUT2D eigenvalue weighted by atomic mass is 16.3. The minimum atomic E-state index is -0.392. The van der Waals surface area contributed by atoms with Gasteiger partial charge in [-0.2, -0.15) is 0 Å². The van der Waals surface area contributed by atoms with Gasteiger partial charge in [0, 0.05) is 32.0 Å². The number of amides is 1. The second-order valence-corrected chi connectivity index (χ2v) is 5.41. The first-order valence-corrected chi connectivity index (χ1v) is 6.97. The fraction of sp³-hybridized carbons (Fsp3) is 0.600. The SMILES string of the molecule is CCN(CC)C(=O)c1cc(N(C)C(C)(C)CO)ccn1. The molecule has 0 aliphatic heterocycles. The maximum Gasteiger partial charge on any atom is 0.272 e. The van der Waals surface area contributed by atoms with Gasteiger partial charge in [0.25, 0.3) is 5.91 Å². The van der Waals surface area contributed by atoms with E-state index in [0.29, 0.717) is 18.8 Å². The number of aromatic nitrogens is 1. The van der Waals surface area contributed by atoms with Crippen LogP contribution in [0.1, 0.15) is 38.2 Å². The van der Waals surface area contributed by atoms with Crippen LogP contribution in [-0.4, -0.2) is 53.2 Å². The molecule has 1 amide bonds. The fourth-order valence-electron chi connectivity index (χ4n) is 1.87. The summed E-state index contributed by atoms with van der Waals surface area (Å²) in [5.74, 6) is -0.0629. The van der Waals surface area contributed by atoms with Gasteiger partial charge in [-0.05, 0) is 39.8 Å². The molecule has 20 heavy (non-hydrogen) atoms. The normalized spacial score (nSPS) is 11.3. The first-order valence-electron chi connectivity index (χ1n) is 6.97. The van der Waals surface area contributed by atoms with Crippen LogP contribution in [-0.2, 0) is 0 Å². The molecule has 1 rings (SSSR count). The van der Waals surface area contributed by atoms with E-state index in [4.69, 9.17) is 0 Å². The lowest BCUT2D eigenvalue weighted by molar-refractivity contribution is 0.0767. The van der Waals surface area contributed by atoms with Gasteiger partial charge < -0.3 is 14.9 Å². The molecule has 112 valence electrons. The van der Waals surface area contributed by atoms with Crippen molar-refractivity contribution in [3.8, 4) is 0 Å². The third kappa shape index (κ3) is 3.48. The van der Waals surface area contributed by atoms with E-state index in [9.17, 15) is 9.90 Å². The molecule has 0 spiro atoms. The molecular weight excluding hydrogens is 254 g/mol. The van der Waals surface area contributed by atoms with Crippen LogP contribution in [0, 0.1) is 0 Å². The predicted octanol–water partition coefficient (Wildman–Crippen LogP) is 1.77. The van der Waals surface area contributed by atoms with E-state index < -0.39 is 5.54 Å². The standard InChI is InChI=1S/C15H25N3O2/c1-6-18(7-2)14(20)13-10-12(8-9-16-13)17(5)15(3,4)11-19/h8-10,19H,6-7,11H2,1-5H3. The summed E-state index contributed by atoms with van der Waals surface area (Å²) in [7, 11) is 1.90. The van der Waals surface area contributed by atoms with Gasteiger partial charge >= 0.3 is 0 Å². The van der Waals surface area contributed by atoms with Crippen molar-refractivity contribution in [2.24, 2.45) is 0 Å². The second kappa shape index (κ2) is 6.70. The maximum absolute atomic E-state index is 12.3. The Morgan fingerprint density at radius 2 is 1.95 bits per heavy atom. The number of anilines is 1. The molecule has 1 N–H and O–H groups in total. The molecule has 5 nitrogen and oxygen atoms in total. The smallest absolute Gasteiger partial charge is 0.272 e. The van der Waals surface area contributed by atoms with Crippen molar-refractivity contribution in [2.75, 3.05) is 31.6 Å². The van der Waals surface area contributed by atoms with E-state index in [1.165, 1.54) is 0 Å². The first kappa shape index (κ1) is 16.4. The predicted molar refractivity (Wildman–Crippen MR) is 81.1 cm³/mol. The molecule has 0 saturated carbocycles. The van der Waals surface area contributed by atoms with E-state index in [-0.39, 0.29) is 12.5 Å². The van der Waals surface area contributed by atoms with Crippen molar-refractivity contribution < 1.29 is 9.90 Å². The number of aliphatic hydroxyl groups is 1. The van der Waals surface area contributed by atoms with Gasteiger partial charge in [0.2, 0.25) is 0 Å². The number of nitrogens with zero attached hydrogens (tertiary/aromatic N) is 3. The van der Waals surface area contributed by atoms with E-state index in [1.807, 2.05) is 45.7 Å². The van der Waals surface area contributed by atoms with Crippen molar-refractivity contribution in [1.82, 2.24) is 9.88 Å². The second-order valence-electron chi connectivity index (χ2n) is 5.41. The third-order valence-corrected chi connectivity index (χ3v) is 3.70. The summed E-state index contributed by atoms with van der Waals surface area (Å²) in [4.78, 5) is 20.2. The molecule has 0 fully saturated rings. The summed E-state index contributed by atoms with van der Waals surface area (Å²) in [5.41, 5.74) is 0.915. The molecule has 5 heteroatoms. The lowest BCUT2D eigenvalue weighted by Crippen LogP contribution is -2.44. The molecule has 0 bridgehead atoms. The number of carbonyl (C=O) groups is 1. The van der Waals surface area contributed by atoms with E-state index >= 15 is 0 Å². The summed E-state index contributed by atoms with van der Waals surface area (Å²) in [6.45, 7) is 9.15. The van der Waals surface area contributed by atoms with Crippen LogP contribution >= 0.6 is 0 Å². The Bertz CT molecular complexity index is 456. The maximum atomic E-state index is 12.3. The highest BCUT2D eigenvalue weighted by Gasteiger charge is 2.24. The van der Waals surface area contributed by atoms with Crippen LogP contribution < -0.4 is 4.90 Å². The molecule has 0 unspecified atom stereocenters. The monoisotopic (exact) mass is 279 g/mol. The number of pyridine rings is 1. The van der Waals surface area contributed by atoms with Crippen molar-refractivity contribution in [3.05, 3.63) is 24.0 Å². The summed E-state index contributed by atoms with van der Waals surface area (Å²) < 4.78 is 0. The number of carbonyl (C=O) groups excluding carboxylic acids is 1. The Hall–Kier alpha value is -1.62. The Kier molecular flexibility index (Phi) is 5.51. The van der Waals surface area contributed by atoms with Gasteiger partial charge in [0.1, 0.15) is 5.69 Å². The van der Waals surface area contributed by atoms with Gasteiger partial charge in [-0.1, -0.05) is 0 Å². The highest BCUT2D eigenvalue weighted by Crippen LogP contribution is 2.22. The Morgan fingerprint density at radius 3 is 2.45 bits per heavy atom. The van der Waals surface area contributed by atoms with Crippen LogP contribution in [0.5, 0.6) is 0 Å². The van der Waals surface area contributed by atoms with Gasteiger partial charge in [-0.15, -0.1) is 0 Å². The van der Waals surface area contributed by atoms with Gasteiger partial charge in [0.05, 0.1) is 12.1 Å². The summed E-state index contributed by atoms with van der Waals surface area (Å²) in [6, 6.07) is 3.62. The molecule has 0 aromatic carbocycles. The zero-order valence-electron chi connectivity index (χ0n) is 13.1. The lowest BCUT2D eigenvalue weighted by atomic mass is 10.0. The number of hydrogen-bond donors (Lipinski definition) is 1. The van der Waals surface area contributed by atoms with Crippen molar-refractivity contribution in [2.45, 2.75) is 33.2 Å². The van der Waals surface area contributed by atoms with E-state index in [0.717, 1.165) is 5.69 Å². The third-order valence-electron chi connectivity index (χ3n) is 3.70. The minimum Gasteiger partial charge on any atom is -0.394 e. The van der Waals surface area contributed by atoms with Crippen LogP contribution in [0.4, 0.5) is 5.69 Å². The Morgan fingerprint density at radius 1 is 1.35 bits per heavy atom. The quantitative estimate of drug-likeness (QED) is 0.862. The molecule has 1 aromatic rings. The first-order chi connectivity index (χ1) is 9.37. The molecular formula is C15H25N3O2. The number of hydrogen-bond acceptors (Lipinski definition) is 4. The summed E-state index contributed by atoms with van der Waals surface area (Å²) in [5, 5.41) is 9.44. The van der Waals surface area contributed by atoms with Gasteiger partial charge in [0.15, 0.2) is 0 Å². The number of aliphatic hydroxyl groups excluding tert-OH is 1. The Balaban J connectivity index is 3.05. The van der Waals surface area contributed by atoms with Crippen LogP contribution in [0.3, 0.4) is 0 Å². The molecule has 1 heterocycles. The zero-order valence-corrected chi connectivity index (χ0v) is 13.1. The van der Waals surface area contributed by atoms with Crippen molar-refractivity contribution in [3.63, 3.8) is 0 Å². The molecule has 0 aliphatic carbocycles. The molecule has 0 radical (unpaired) electrons. The highest BCUT2D eigenvalue weighted by molar-refractivity contribution is 5.93. The minimum absolute atomic E-state index is 0.0329. The largest absolute Gasteiger partial charge is 0.394 e. The number of rotatable bonds is 6. The average Bonchev–Trinajstić information content (AvgIpc) is 2.47. The summed E-state index contributed by atoms with van der Waals surface area (Å²) in [6.07, 6.45) is 1.63. The van der Waals surface area contributed by atoms with Gasteiger partial charge in [-0.3, -0.25) is 9.78 Å². The van der Waals surface area contributed by atoms with Crippen LogP contribution in [0.25, 0.3) is 0 Å². The van der Waals surface area contributed by atoms with Gasteiger partial charge in [-0.25, -0.2) is 0 Å². The van der Waals surface area contributed by atoms with Crippen molar-refractivity contribution >= 4 is 11.6 Å². The molecule has 0 aliphatic rings. The molecule has 0 atom stereocenters. The topological polar surface area (TPSA) is 56.7 Å². The molecule has 0 saturated heterocycles. The molecule has 1 aromatic heterocycles. The zero-order chi connectivity index (χ0) is 15.3. The van der Waals surface area contributed by atoms with Crippen molar-refractivity contribution in [1.29, 1.82) is 0 Å². The van der Waals surface area contributed by atoms with E-state index in [1.54, 1.807) is 17.2 Å². The van der Waals surface area contributed by atoms with Crippen LogP contribution in [0.2, 0.25) is 0 Å². The Labute approximate surface area is 121 Å². The number of likely N-dealkylation sites (N-methyl/N-ethyl adjacent to an activating group) is 1. The van der Waals surface area contributed by atoms with Crippen LogP contribution in [0.15, 0.2) is 18.3 Å².